The van der Waals surface area contributed by atoms with Crippen LogP contribution in [0.4, 0.5) is 4.79 Å². The summed E-state index contributed by atoms with van der Waals surface area (Å²) in [5.41, 5.74) is -0.266. The van der Waals surface area contributed by atoms with Crippen LogP contribution in [0.25, 0.3) is 0 Å². The van der Waals surface area contributed by atoms with Crippen molar-refractivity contribution in [3.8, 4) is 0 Å². The zero-order valence-electron chi connectivity index (χ0n) is 13.0. The van der Waals surface area contributed by atoms with Crippen molar-refractivity contribution < 1.29 is 14.3 Å². The summed E-state index contributed by atoms with van der Waals surface area (Å²) in [6.45, 7) is 6.29. The molecule has 122 valence electrons. The Bertz CT molecular complexity index is 536. The van der Waals surface area contributed by atoms with Crippen LogP contribution in [0, 0.1) is 5.92 Å². The highest BCUT2D eigenvalue weighted by Gasteiger charge is 2.16. The number of aromatic nitrogens is 2. The van der Waals surface area contributed by atoms with E-state index in [0.717, 1.165) is 0 Å². The van der Waals surface area contributed by atoms with Gasteiger partial charge in [-0.2, -0.15) is 5.10 Å². The van der Waals surface area contributed by atoms with Crippen LogP contribution in [0.5, 0.6) is 0 Å². The van der Waals surface area contributed by atoms with E-state index < -0.39 is 12.0 Å². The van der Waals surface area contributed by atoms with Crippen LogP contribution in [0.15, 0.2) is 16.9 Å². The summed E-state index contributed by atoms with van der Waals surface area (Å²) in [6.07, 6.45) is 0.183. The monoisotopic (exact) mass is 310 g/mol. The van der Waals surface area contributed by atoms with Crippen molar-refractivity contribution in [2.45, 2.75) is 33.2 Å². The Kier molecular flexibility index (Phi) is 7.07. The molecule has 1 atom stereocenters. The predicted octanol–water partition coefficient (Wildman–Crippen LogP) is 0.660. The van der Waals surface area contributed by atoms with E-state index in [2.05, 4.69) is 20.8 Å². The van der Waals surface area contributed by atoms with Gasteiger partial charge in [-0.25, -0.2) is 9.89 Å². The van der Waals surface area contributed by atoms with E-state index >= 15 is 0 Å². The fourth-order valence-electron chi connectivity index (χ4n) is 1.88. The maximum Gasteiger partial charge on any atom is 0.407 e. The molecule has 3 N–H and O–H groups in total. The molecule has 0 aliphatic heterocycles. The number of nitrogens with one attached hydrogen (secondary N) is 3. The van der Waals surface area contributed by atoms with Gasteiger partial charge in [0.2, 0.25) is 0 Å². The Hall–Kier alpha value is -2.38. The lowest BCUT2D eigenvalue weighted by Crippen LogP contribution is -2.44. The van der Waals surface area contributed by atoms with Crippen molar-refractivity contribution in [1.82, 2.24) is 20.8 Å². The molecule has 1 aromatic rings. The number of nitrogens with zero attached hydrogens (tertiary/aromatic N) is 1. The zero-order chi connectivity index (χ0) is 16.5. The average Bonchev–Trinajstić information content (AvgIpc) is 2.45. The highest BCUT2D eigenvalue weighted by atomic mass is 16.5. The number of amides is 2. The van der Waals surface area contributed by atoms with Crippen LogP contribution >= 0.6 is 0 Å². The van der Waals surface area contributed by atoms with Crippen LogP contribution in [0.3, 0.4) is 0 Å². The summed E-state index contributed by atoms with van der Waals surface area (Å²) in [5.74, 6) is -0.0781. The molecule has 0 fully saturated rings. The van der Waals surface area contributed by atoms with Crippen molar-refractivity contribution in [3.05, 3.63) is 28.2 Å². The van der Waals surface area contributed by atoms with Gasteiger partial charge in [-0.1, -0.05) is 13.8 Å². The molecule has 1 rings (SSSR count). The van der Waals surface area contributed by atoms with Crippen molar-refractivity contribution in [3.63, 3.8) is 0 Å². The molecular weight excluding hydrogens is 288 g/mol. The van der Waals surface area contributed by atoms with E-state index in [1.807, 2.05) is 13.8 Å². The van der Waals surface area contributed by atoms with E-state index in [9.17, 15) is 14.4 Å². The van der Waals surface area contributed by atoms with Crippen molar-refractivity contribution in [2.24, 2.45) is 5.92 Å². The number of ether oxygens (including phenoxy) is 1. The number of carbonyl (C=O) groups excluding carboxylic acids is 2. The van der Waals surface area contributed by atoms with Crippen molar-refractivity contribution in [1.29, 1.82) is 0 Å². The van der Waals surface area contributed by atoms with Crippen LogP contribution < -0.4 is 16.2 Å². The standard InChI is InChI=1S/C14H22N4O4/c1-4-22-14(21)16-10(7-9(2)3)8-15-13(20)11-5-6-12(19)18-17-11/h5-6,9-10H,4,7-8H2,1-3H3,(H,15,20)(H,16,21)(H,18,19). The number of aromatic amines is 1. The van der Waals surface area contributed by atoms with Crippen LogP contribution in [-0.4, -0.2) is 41.4 Å². The maximum atomic E-state index is 11.9. The number of H-pyrrole nitrogens is 1. The molecular formula is C14H22N4O4. The topological polar surface area (TPSA) is 113 Å². The molecule has 2 amide bonds. The second-order valence-electron chi connectivity index (χ2n) is 5.21. The van der Waals surface area contributed by atoms with Gasteiger partial charge in [0, 0.05) is 18.7 Å². The third-order valence-corrected chi connectivity index (χ3v) is 2.77. The summed E-state index contributed by atoms with van der Waals surface area (Å²) < 4.78 is 4.84. The summed E-state index contributed by atoms with van der Waals surface area (Å²) in [4.78, 5) is 34.3. The van der Waals surface area contributed by atoms with E-state index in [0.29, 0.717) is 12.3 Å². The van der Waals surface area contributed by atoms with Gasteiger partial charge in [0.15, 0.2) is 0 Å². The predicted molar refractivity (Wildman–Crippen MR) is 80.6 cm³/mol. The zero-order valence-corrected chi connectivity index (χ0v) is 13.0. The SMILES string of the molecule is CCOC(=O)NC(CNC(=O)c1ccc(=O)[nH]n1)CC(C)C. The second kappa shape index (κ2) is 8.81. The van der Waals surface area contributed by atoms with Gasteiger partial charge in [-0.3, -0.25) is 9.59 Å². The minimum Gasteiger partial charge on any atom is -0.450 e. The first-order valence-electron chi connectivity index (χ1n) is 7.19. The van der Waals surface area contributed by atoms with Gasteiger partial charge < -0.3 is 15.4 Å². The first kappa shape index (κ1) is 17.7. The molecule has 8 heteroatoms. The molecule has 0 aliphatic carbocycles. The molecule has 0 spiro atoms. The fraction of sp³-hybridized carbons (Fsp3) is 0.571. The number of hydrogen-bond donors (Lipinski definition) is 3. The molecule has 1 unspecified atom stereocenters. The van der Waals surface area contributed by atoms with E-state index in [1.54, 1.807) is 6.92 Å². The van der Waals surface area contributed by atoms with Crippen LogP contribution in [0.1, 0.15) is 37.7 Å². The van der Waals surface area contributed by atoms with E-state index in [-0.39, 0.29) is 30.4 Å². The number of hydrogen-bond acceptors (Lipinski definition) is 5. The third kappa shape index (κ3) is 6.38. The highest BCUT2D eigenvalue weighted by Crippen LogP contribution is 2.04. The van der Waals surface area contributed by atoms with E-state index in [1.165, 1.54) is 12.1 Å². The minimum atomic E-state index is -0.510. The molecule has 1 heterocycles. The molecule has 0 aromatic carbocycles. The molecule has 0 aliphatic rings. The minimum absolute atomic E-state index is 0.110. The van der Waals surface area contributed by atoms with Crippen molar-refractivity contribution >= 4 is 12.0 Å². The van der Waals surface area contributed by atoms with Gasteiger partial charge in [0.05, 0.1) is 6.61 Å². The Morgan fingerprint density at radius 1 is 1.36 bits per heavy atom. The quantitative estimate of drug-likeness (QED) is 0.684. The number of alkyl carbamates (subject to hydrolysis) is 1. The Morgan fingerprint density at radius 3 is 2.64 bits per heavy atom. The summed E-state index contributed by atoms with van der Waals surface area (Å²) >= 11 is 0. The molecule has 22 heavy (non-hydrogen) atoms. The van der Waals surface area contributed by atoms with Crippen molar-refractivity contribution in [2.75, 3.05) is 13.2 Å². The highest BCUT2D eigenvalue weighted by molar-refractivity contribution is 5.92. The largest absolute Gasteiger partial charge is 0.450 e. The van der Waals surface area contributed by atoms with Gasteiger partial charge in [-0.15, -0.1) is 0 Å². The summed E-state index contributed by atoms with van der Waals surface area (Å²) in [6, 6.07) is 2.32. The van der Waals surface area contributed by atoms with Gasteiger partial charge in [-0.05, 0) is 25.3 Å². The number of rotatable bonds is 7. The lowest BCUT2D eigenvalue weighted by molar-refractivity contribution is 0.0938. The third-order valence-electron chi connectivity index (χ3n) is 2.77. The van der Waals surface area contributed by atoms with Gasteiger partial charge >= 0.3 is 6.09 Å². The Labute approximate surface area is 128 Å². The smallest absolute Gasteiger partial charge is 0.407 e. The van der Waals surface area contributed by atoms with Crippen LogP contribution in [-0.2, 0) is 4.74 Å². The summed E-state index contributed by atoms with van der Waals surface area (Å²) in [5, 5.41) is 11.2. The van der Waals surface area contributed by atoms with Gasteiger partial charge in [0.25, 0.3) is 11.5 Å². The van der Waals surface area contributed by atoms with Gasteiger partial charge in [0.1, 0.15) is 5.69 Å². The molecule has 0 radical (unpaired) electrons. The summed E-state index contributed by atoms with van der Waals surface area (Å²) in [7, 11) is 0. The Balaban J connectivity index is 2.57. The molecule has 8 nitrogen and oxygen atoms in total. The molecule has 0 saturated carbocycles. The first-order valence-corrected chi connectivity index (χ1v) is 7.19. The molecule has 1 aromatic heterocycles. The van der Waals surface area contributed by atoms with E-state index in [4.69, 9.17) is 4.74 Å². The normalized spacial score (nSPS) is 11.8. The number of carbonyl (C=O) groups is 2. The molecule has 0 bridgehead atoms. The Morgan fingerprint density at radius 2 is 2.09 bits per heavy atom. The average molecular weight is 310 g/mol. The van der Waals surface area contributed by atoms with Crippen LogP contribution in [0.2, 0.25) is 0 Å². The molecule has 0 saturated heterocycles. The fourth-order valence-corrected chi connectivity index (χ4v) is 1.88. The second-order valence-corrected chi connectivity index (χ2v) is 5.21. The maximum absolute atomic E-state index is 11.9. The lowest BCUT2D eigenvalue weighted by atomic mass is 10.0. The first-order chi connectivity index (χ1) is 10.4. The lowest BCUT2D eigenvalue weighted by Gasteiger charge is -2.20.